The molecule has 0 aromatic heterocycles. The third kappa shape index (κ3) is 36.5. The van der Waals surface area contributed by atoms with E-state index in [-0.39, 0.29) is 18.7 Å². The number of aliphatic hydroxyl groups excluding tert-OH is 2. The number of hydrogen-bond acceptors (Lipinski definition) is 6. The molecule has 1 radical (unpaired) electrons. The van der Waals surface area contributed by atoms with E-state index in [9.17, 15) is 15.0 Å². The molecule has 0 aliphatic heterocycles. The molecule has 0 saturated carbocycles. The first kappa shape index (κ1) is 52.1. The first-order chi connectivity index (χ1) is 25.9. The van der Waals surface area contributed by atoms with Crippen molar-refractivity contribution in [2.75, 3.05) is 39.5 Å². The van der Waals surface area contributed by atoms with Gasteiger partial charge in [0.2, 0.25) is 0 Å². The van der Waals surface area contributed by atoms with Gasteiger partial charge < -0.3 is 14.9 Å². The van der Waals surface area contributed by atoms with Crippen LogP contribution in [0.4, 0.5) is 0 Å². The van der Waals surface area contributed by atoms with Gasteiger partial charge in [0.25, 0.3) is 0 Å². The monoisotopic (exact) mass is 749 g/mol. The fourth-order valence-corrected chi connectivity index (χ4v) is 7.51. The van der Waals surface area contributed by atoms with Gasteiger partial charge in [-0.15, -0.1) is 0 Å². The molecule has 0 bridgehead atoms. The van der Waals surface area contributed by atoms with E-state index in [2.05, 4.69) is 32.6 Å². The summed E-state index contributed by atoms with van der Waals surface area (Å²) in [5.41, 5.74) is 0.717. The molecule has 2 N–H and O–H groups in total. The van der Waals surface area contributed by atoms with Crippen LogP contribution in [0.1, 0.15) is 227 Å². The van der Waals surface area contributed by atoms with E-state index >= 15 is 0 Å². The van der Waals surface area contributed by atoms with Gasteiger partial charge in [0.15, 0.2) is 0 Å². The molecule has 0 amide bonds. The Bertz CT molecular complexity index is 783. The van der Waals surface area contributed by atoms with Crippen LogP contribution >= 0.6 is 0 Å². The maximum atomic E-state index is 12.4. The minimum atomic E-state index is -0.368. The molecule has 0 aromatic rings. The topological polar surface area (TPSA) is 79.2 Å². The summed E-state index contributed by atoms with van der Waals surface area (Å²) >= 11 is 0. The SMILES string of the molecule is [B]=C(CCCCCCCCCN(CCCCCO)CC(O)CCCCC(=O)OCCC(CCCCC)CCCCCCC)OCCC(CC)CCCC. The molecule has 0 aliphatic carbocycles. The van der Waals surface area contributed by atoms with Crippen LogP contribution in [0.25, 0.3) is 0 Å². The molecule has 3 unspecified atom stereocenters. The van der Waals surface area contributed by atoms with E-state index in [1.165, 1.54) is 122 Å². The van der Waals surface area contributed by atoms with Gasteiger partial charge >= 0.3 is 158 Å². The second-order valence-corrected chi connectivity index (χ2v) is 16.3. The summed E-state index contributed by atoms with van der Waals surface area (Å²) in [5, 5.41) is 20.0. The van der Waals surface area contributed by atoms with Gasteiger partial charge in [-0.25, -0.2) is 0 Å². The van der Waals surface area contributed by atoms with Crippen LogP contribution in [0.5, 0.6) is 0 Å². The van der Waals surface area contributed by atoms with Gasteiger partial charge in [0.1, 0.15) is 0 Å². The predicted molar refractivity (Wildman–Crippen MR) is 230 cm³/mol. The molecule has 0 saturated heterocycles. The Morgan fingerprint density at radius 3 is 1.70 bits per heavy atom. The molecular formula is C46H91BNO5. The van der Waals surface area contributed by atoms with Crippen molar-refractivity contribution >= 4 is 19.1 Å². The van der Waals surface area contributed by atoms with Crippen LogP contribution in [0.3, 0.4) is 0 Å². The van der Waals surface area contributed by atoms with Gasteiger partial charge in [0, 0.05) is 13.0 Å². The van der Waals surface area contributed by atoms with Crippen LogP contribution < -0.4 is 0 Å². The normalized spacial score (nSPS) is 13.3. The number of unbranched alkanes of at least 4 members (excludes halogenated alkanes) is 16. The average molecular weight is 749 g/mol. The Labute approximate surface area is 331 Å². The predicted octanol–water partition coefficient (Wildman–Crippen LogP) is 11.9. The van der Waals surface area contributed by atoms with Gasteiger partial charge in [-0.3, -0.25) is 4.79 Å². The van der Waals surface area contributed by atoms with Crippen molar-refractivity contribution in [1.82, 2.24) is 4.90 Å². The number of hydrogen-bond donors (Lipinski definition) is 2. The van der Waals surface area contributed by atoms with Crippen molar-refractivity contribution in [3.05, 3.63) is 0 Å². The summed E-state index contributed by atoms with van der Waals surface area (Å²) in [6.07, 6.45) is 34.9. The van der Waals surface area contributed by atoms with Crippen molar-refractivity contribution in [1.29, 1.82) is 0 Å². The number of rotatable bonds is 43. The average Bonchev–Trinajstić information content (AvgIpc) is 3.15. The summed E-state index contributed by atoms with van der Waals surface area (Å²) < 4.78 is 11.5. The van der Waals surface area contributed by atoms with Crippen molar-refractivity contribution in [2.45, 2.75) is 233 Å². The summed E-state index contributed by atoms with van der Waals surface area (Å²) in [6, 6.07) is 0. The summed E-state index contributed by atoms with van der Waals surface area (Å²) in [6.45, 7) is 13.3. The van der Waals surface area contributed by atoms with Crippen molar-refractivity contribution in [2.24, 2.45) is 11.8 Å². The van der Waals surface area contributed by atoms with E-state index in [4.69, 9.17) is 17.0 Å². The number of ether oxygens (including phenoxy) is 2. The molecule has 0 rings (SSSR count). The van der Waals surface area contributed by atoms with Crippen LogP contribution in [0, 0.1) is 11.8 Å². The Balaban J connectivity index is 4.18. The maximum absolute atomic E-state index is 12.4. The quantitative estimate of drug-likeness (QED) is 0.0367. The Kier molecular flexibility index (Phi) is 40.0. The zero-order chi connectivity index (χ0) is 39.0. The summed E-state index contributed by atoms with van der Waals surface area (Å²) in [7, 11) is 6.14. The van der Waals surface area contributed by atoms with E-state index < -0.39 is 0 Å². The first-order valence-electron chi connectivity index (χ1n) is 23.3. The van der Waals surface area contributed by atoms with E-state index in [0.29, 0.717) is 25.5 Å². The van der Waals surface area contributed by atoms with Crippen LogP contribution in [-0.2, 0) is 14.3 Å². The minimum absolute atomic E-state index is 0.0784. The second-order valence-electron chi connectivity index (χ2n) is 16.3. The molecule has 0 spiro atoms. The third-order valence-electron chi connectivity index (χ3n) is 11.2. The first-order valence-corrected chi connectivity index (χ1v) is 23.3. The molecule has 7 heteroatoms. The van der Waals surface area contributed by atoms with Crippen LogP contribution in [0.2, 0.25) is 0 Å². The molecule has 0 aromatic carbocycles. The molecule has 0 aliphatic rings. The van der Waals surface area contributed by atoms with Crippen molar-refractivity contribution in [3.63, 3.8) is 0 Å². The Hall–Kier alpha value is -0.915. The Morgan fingerprint density at radius 2 is 1.04 bits per heavy atom. The fraction of sp³-hybridized carbons (Fsp3) is 0.957. The molecule has 6 nitrogen and oxygen atoms in total. The van der Waals surface area contributed by atoms with Crippen LogP contribution in [-0.4, -0.2) is 79.8 Å². The number of esters is 1. The summed E-state index contributed by atoms with van der Waals surface area (Å²) in [4.78, 5) is 14.9. The van der Waals surface area contributed by atoms with E-state index in [1.54, 1.807) is 0 Å². The summed E-state index contributed by atoms with van der Waals surface area (Å²) in [5.74, 6) is 1.37. The number of carbonyl (C=O) groups excluding carboxylic acids is 1. The fourth-order valence-electron chi connectivity index (χ4n) is 7.51. The number of aliphatic hydroxyl groups is 2. The zero-order valence-electron chi connectivity index (χ0n) is 36.0. The zero-order valence-corrected chi connectivity index (χ0v) is 36.0. The molecule has 3 atom stereocenters. The van der Waals surface area contributed by atoms with E-state index in [1.807, 2.05) is 0 Å². The standard InChI is InChI=1S/C46H91BNO5/c1-5-9-12-16-21-30-43(29-20-10-6-2)35-40-53-46(51)33-24-23-31-44(50)41-48(37-26-19-27-38-49)36-25-18-15-13-14-17-22-32-45(47)52-39-34-42(8-4)28-11-7-3/h42-44,49-50H,5-41H2,1-4H3. The Morgan fingerprint density at radius 1 is 0.547 bits per heavy atom. The molecule has 53 heavy (non-hydrogen) atoms. The third-order valence-corrected chi connectivity index (χ3v) is 11.2. The number of nitrogens with zero attached hydrogens (tertiary/aromatic N) is 1. The van der Waals surface area contributed by atoms with Gasteiger partial charge in [-0.2, -0.15) is 0 Å². The molecule has 313 valence electrons. The number of carbonyl (C=O) groups is 1. The van der Waals surface area contributed by atoms with Crippen molar-refractivity contribution < 1.29 is 24.5 Å². The van der Waals surface area contributed by atoms with Gasteiger partial charge in [0.05, 0.1) is 12.7 Å². The molecule has 0 fully saturated rings. The van der Waals surface area contributed by atoms with Gasteiger partial charge in [-0.05, 0) is 44.4 Å². The van der Waals surface area contributed by atoms with E-state index in [0.717, 1.165) is 102 Å². The van der Waals surface area contributed by atoms with Crippen molar-refractivity contribution in [3.8, 4) is 0 Å². The van der Waals surface area contributed by atoms with Crippen LogP contribution in [0.15, 0.2) is 0 Å². The van der Waals surface area contributed by atoms with Gasteiger partial charge in [-0.1, -0.05) is 84.5 Å². The molecular weight excluding hydrogens is 657 g/mol. The molecule has 0 heterocycles. The second kappa shape index (κ2) is 40.7.